The van der Waals surface area contributed by atoms with Gasteiger partial charge in [0.25, 0.3) is 0 Å². The maximum atomic E-state index is 11.9. The molecular formula is C12H15NOS2. The first-order valence-corrected chi connectivity index (χ1v) is 7.53. The molecule has 0 aromatic heterocycles. The summed E-state index contributed by atoms with van der Waals surface area (Å²) in [6.07, 6.45) is 0. The van der Waals surface area contributed by atoms with Crippen LogP contribution in [0.1, 0.15) is 0 Å². The van der Waals surface area contributed by atoms with Gasteiger partial charge in [-0.3, -0.25) is 4.79 Å². The van der Waals surface area contributed by atoms with Crippen LogP contribution in [-0.4, -0.2) is 41.2 Å². The molecule has 0 spiro atoms. The van der Waals surface area contributed by atoms with E-state index in [1.54, 1.807) is 11.8 Å². The van der Waals surface area contributed by atoms with Gasteiger partial charge in [0.2, 0.25) is 5.91 Å². The highest BCUT2D eigenvalue weighted by Crippen LogP contribution is 2.18. The van der Waals surface area contributed by atoms with E-state index >= 15 is 0 Å². The largest absolute Gasteiger partial charge is 0.340 e. The number of thioether (sulfide) groups is 2. The molecule has 1 aliphatic heterocycles. The molecule has 0 bridgehead atoms. The van der Waals surface area contributed by atoms with Crippen LogP contribution in [0.5, 0.6) is 0 Å². The average molecular weight is 253 g/mol. The number of amides is 1. The predicted molar refractivity (Wildman–Crippen MR) is 71.1 cm³/mol. The van der Waals surface area contributed by atoms with Gasteiger partial charge in [0.1, 0.15) is 0 Å². The number of carbonyl (C=O) groups is 1. The molecule has 0 atom stereocenters. The molecule has 1 heterocycles. The molecule has 1 saturated heterocycles. The summed E-state index contributed by atoms with van der Waals surface area (Å²) < 4.78 is 0. The fourth-order valence-electron chi connectivity index (χ4n) is 1.57. The van der Waals surface area contributed by atoms with Crippen molar-refractivity contribution < 1.29 is 4.79 Å². The zero-order valence-corrected chi connectivity index (χ0v) is 10.7. The topological polar surface area (TPSA) is 20.3 Å². The van der Waals surface area contributed by atoms with E-state index < -0.39 is 0 Å². The van der Waals surface area contributed by atoms with E-state index in [1.165, 1.54) is 4.90 Å². The summed E-state index contributed by atoms with van der Waals surface area (Å²) in [6, 6.07) is 10.1. The number of benzene rings is 1. The van der Waals surface area contributed by atoms with Crippen molar-refractivity contribution in [3.63, 3.8) is 0 Å². The Morgan fingerprint density at radius 1 is 1.25 bits per heavy atom. The van der Waals surface area contributed by atoms with Gasteiger partial charge in [-0.1, -0.05) is 18.2 Å². The summed E-state index contributed by atoms with van der Waals surface area (Å²) in [6.45, 7) is 1.83. The van der Waals surface area contributed by atoms with Crippen LogP contribution in [-0.2, 0) is 4.79 Å². The lowest BCUT2D eigenvalue weighted by Gasteiger charge is -2.26. The first kappa shape index (κ1) is 11.9. The number of hydrogen-bond acceptors (Lipinski definition) is 3. The molecule has 0 N–H and O–H groups in total. The lowest BCUT2D eigenvalue weighted by molar-refractivity contribution is -0.127. The summed E-state index contributed by atoms with van der Waals surface area (Å²) >= 11 is 3.55. The van der Waals surface area contributed by atoms with E-state index in [1.807, 2.05) is 47.0 Å². The number of rotatable bonds is 3. The van der Waals surface area contributed by atoms with Crippen molar-refractivity contribution in [1.29, 1.82) is 0 Å². The fourth-order valence-corrected chi connectivity index (χ4v) is 3.29. The summed E-state index contributed by atoms with van der Waals surface area (Å²) in [4.78, 5) is 15.0. The third kappa shape index (κ3) is 3.46. The lowest BCUT2D eigenvalue weighted by Crippen LogP contribution is -2.38. The maximum absolute atomic E-state index is 11.9. The number of nitrogens with zero attached hydrogens (tertiary/aromatic N) is 1. The van der Waals surface area contributed by atoms with Gasteiger partial charge in [-0.25, -0.2) is 0 Å². The normalized spacial score (nSPS) is 16.1. The molecule has 1 aromatic carbocycles. The summed E-state index contributed by atoms with van der Waals surface area (Å²) in [5.41, 5.74) is 0. The summed E-state index contributed by atoms with van der Waals surface area (Å²) in [7, 11) is 0. The molecule has 2 nitrogen and oxygen atoms in total. The van der Waals surface area contributed by atoms with Gasteiger partial charge in [-0.2, -0.15) is 11.8 Å². The Morgan fingerprint density at radius 3 is 2.62 bits per heavy atom. The van der Waals surface area contributed by atoms with Crippen LogP contribution in [0, 0.1) is 0 Å². The molecule has 2 rings (SSSR count). The Labute approximate surface area is 105 Å². The third-order valence-corrected chi connectivity index (χ3v) is 4.41. The molecule has 1 fully saturated rings. The van der Waals surface area contributed by atoms with Crippen molar-refractivity contribution in [2.24, 2.45) is 0 Å². The van der Waals surface area contributed by atoms with E-state index in [4.69, 9.17) is 0 Å². The molecule has 0 aliphatic carbocycles. The first-order valence-electron chi connectivity index (χ1n) is 5.39. The van der Waals surface area contributed by atoms with Crippen LogP contribution in [0.2, 0.25) is 0 Å². The fraction of sp³-hybridized carbons (Fsp3) is 0.417. The average Bonchev–Trinajstić information content (AvgIpc) is 2.38. The maximum Gasteiger partial charge on any atom is 0.232 e. The van der Waals surface area contributed by atoms with E-state index in [0.29, 0.717) is 5.75 Å². The minimum Gasteiger partial charge on any atom is -0.340 e. The SMILES string of the molecule is O=C(CSc1ccccc1)N1CCSCC1. The molecule has 1 amide bonds. The molecule has 16 heavy (non-hydrogen) atoms. The van der Waals surface area contributed by atoms with Gasteiger partial charge >= 0.3 is 0 Å². The molecule has 4 heteroatoms. The Hall–Kier alpha value is -0.610. The van der Waals surface area contributed by atoms with Crippen molar-refractivity contribution in [2.75, 3.05) is 30.3 Å². The standard InChI is InChI=1S/C12H15NOS2/c14-12(13-6-8-15-9-7-13)10-16-11-4-2-1-3-5-11/h1-5H,6-10H2. The zero-order valence-electron chi connectivity index (χ0n) is 9.09. The van der Waals surface area contributed by atoms with Gasteiger partial charge in [-0.15, -0.1) is 11.8 Å². The molecule has 0 saturated carbocycles. The zero-order chi connectivity index (χ0) is 11.2. The van der Waals surface area contributed by atoms with Crippen molar-refractivity contribution in [1.82, 2.24) is 4.90 Å². The molecule has 0 unspecified atom stereocenters. The third-order valence-electron chi connectivity index (χ3n) is 2.47. The van der Waals surface area contributed by atoms with E-state index in [9.17, 15) is 4.79 Å². The Balaban J connectivity index is 1.79. The second-order valence-corrected chi connectivity index (χ2v) is 5.87. The highest BCUT2D eigenvalue weighted by Gasteiger charge is 2.16. The highest BCUT2D eigenvalue weighted by molar-refractivity contribution is 8.00. The summed E-state index contributed by atoms with van der Waals surface area (Å²) in [5.74, 6) is 3.01. The second-order valence-electron chi connectivity index (χ2n) is 3.59. The molecule has 86 valence electrons. The predicted octanol–water partition coefficient (Wildman–Crippen LogP) is 2.35. The highest BCUT2D eigenvalue weighted by atomic mass is 32.2. The van der Waals surface area contributed by atoms with Crippen LogP contribution < -0.4 is 0 Å². The monoisotopic (exact) mass is 253 g/mol. The van der Waals surface area contributed by atoms with Crippen LogP contribution >= 0.6 is 23.5 Å². The number of carbonyl (C=O) groups excluding carboxylic acids is 1. The lowest BCUT2D eigenvalue weighted by atomic mass is 10.4. The van der Waals surface area contributed by atoms with Gasteiger partial charge < -0.3 is 4.90 Å². The van der Waals surface area contributed by atoms with Crippen LogP contribution in [0.3, 0.4) is 0 Å². The van der Waals surface area contributed by atoms with Crippen molar-refractivity contribution >= 4 is 29.4 Å². The Kier molecular flexibility index (Phi) is 4.60. The minimum absolute atomic E-state index is 0.272. The van der Waals surface area contributed by atoms with E-state index in [2.05, 4.69) is 0 Å². The van der Waals surface area contributed by atoms with Crippen molar-refractivity contribution in [3.8, 4) is 0 Å². The van der Waals surface area contributed by atoms with Gasteiger partial charge in [0, 0.05) is 29.5 Å². The first-order chi connectivity index (χ1) is 7.86. The minimum atomic E-state index is 0.272. The molecular weight excluding hydrogens is 238 g/mol. The van der Waals surface area contributed by atoms with Crippen LogP contribution in [0.25, 0.3) is 0 Å². The molecule has 0 radical (unpaired) electrons. The quantitative estimate of drug-likeness (QED) is 0.771. The van der Waals surface area contributed by atoms with Crippen molar-refractivity contribution in [3.05, 3.63) is 30.3 Å². The van der Waals surface area contributed by atoms with E-state index in [-0.39, 0.29) is 5.91 Å². The smallest absolute Gasteiger partial charge is 0.232 e. The Bertz CT molecular complexity index is 336. The van der Waals surface area contributed by atoms with E-state index in [0.717, 1.165) is 24.6 Å². The Morgan fingerprint density at radius 2 is 1.94 bits per heavy atom. The molecule has 1 aromatic rings. The van der Waals surface area contributed by atoms with Gasteiger partial charge in [0.15, 0.2) is 0 Å². The van der Waals surface area contributed by atoms with Crippen molar-refractivity contribution in [2.45, 2.75) is 4.90 Å². The van der Waals surface area contributed by atoms with Gasteiger partial charge in [-0.05, 0) is 12.1 Å². The molecule has 1 aliphatic rings. The number of hydrogen-bond donors (Lipinski definition) is 0. The second kappa shape index (κ2) is 6.21. The van der Waals surface area contributed by atoms with Crippen LogP contribution in [0.4, 0.5) is 0 Å². The van der Waals surface area contributed by atoms with Gasteiger partial charge in [0.05, 0.1) is 5.75 Å². The summed E-state index contributed by atoms with van der Waals surface area (Å²) in [5, 5.41) is 0. The van der Waals surface area contributed by atoms with Crippen LogP contribution in [0.15, 0.2) is 35.2 Å².